The molecule has 0 rings (SSSR count). The van der Waals surface area contributed by atoms with E-state index in [4.69, 9.17) is 0 Å². The highest BCUT2D eigenvalue weighted by molar-refractivity contribution is 7.99. The van der Waals surface area contributed by atoms with Gasteiger partial charge in [-0.15, -0.1) is 0 Å². The molecule has 0 aliphatic heterocycles. The van der Waals surface area contributed by atoms with E-state index in [0.29, 0.717) is 0 Å². The van der Waals surface area contributed by atoms with Crippen LogP contribution in [0.1, 0.15) is 47.0 Å². The lowest BCUT2D eigenvalue weighted by atomic mass is 9.95. The minimum Gasteiger partial charge on any atom is -0.313 e. The largest absolute Gasteiger partial charge is 0.313 e. The van der Waals surface area contributed by atoms with Gasteiger partial charge in [0.1, 0.15) is 0 Å². The molecule has 0 aliphatic carbocycles. The molecule has 0 aromatic carbocycles. The summed E-state index contributed by atoms with van der Waals surface area (Å²) in [5, 5.41) is 3.69. The second-order valence-electron chi connectivity index (χ2n) is 3.80. The van der Waals surface area contributed by atoms with Gasteiger partial charge in [0, 0.05) is 11.8 Å². The highest BCUT2D eigenvalue weighted by Gasteiger charge is 2.16. The Morgan fingerprint density at radius 3 is 2.14 bits per heavy atom. The maximum absolute atomic E-state index is 3.69. The van der Waals surface area contributed by atoms with Gasteiger partial charge in [-0.3, -0.25) is 0 Å². The van der Waals surface area contributed by atoms with E-state index in [9.17, 15) is 0 Å². The average Bonchev–Trinajstić information content (AvgIpc) is 2.22. The van der Waals surface area contributed by atoms with Gasteiger partial charge in [0.25, 0.3) is 0 Å². The number of rotatable bonds is 9. The van der Waals surface area contributed by atoms with Gasteiger partial charge in [-0.2, -0.15) is 11.8 Å². The molecular formula is C12H27NS. The molecule has 1 atom stereocenters. The van der Waals surface area contributed by atoms with Crippen LogP contribution in [-0.4, -0.2) is 24.1 Å². The van der Waals surface area contributed by atoms with Crippen LogP contribution in [0.4, 0.5) is 0 Å². The van der Waals surface area contributed by atoms with E-state index in [1.807, 2.05) is 0 Å². The van der Waals surface area contributed by atoms with Crippen molar-refractivity contribution >= 4 is 11.8 Å². The van der Waals surface area contributed by atoms with Crippen LogP contribution in [-0.2, 0) is 0 Å². The molecule has 0 radical (unpaired) electrons. The smallest absolute Gasteiger partial charge is 0.0186 e. The van der Waals surface area contributed by atoms with Crippen molar-refractivity contribution in [3.63, 3.8) is 0 Å². The highest BCUT2D eigenvalue weighted by Crippen LogP contribution is 2.17. The molecule has 0 amide bonds. The summed E-state index contributed by atoms with van der Waals surface area (Å²) in [6, 6.07) is 0.731. The fraction of sp³-hybridized carbons (Fsp3) is 1.00. The molecule has 1 N–H and O–H groups in total. The summed E-state index contributed by atoms with van der Waals surface area (Å²) in [7, 11) is 0. The quantitative estimate of drug-likeness (QED) is 0.634. The Morgan fingerprint density at radius 1 is 1.07 bits per heavy atom. The molecule has 0 heterocycles. The molecule has 0 saturated carbocycles. The van der Waals surface area contributed by atoms with Gasteiger partial charge in [-0.25, -0.2) is 0 Å². The molecule has 0 bridgehead atoms. The van der Waals surface area contributed by atoms with Gasteiger partial charge in [-0.1, -0.05) is 40.5 Å². The molecule has 0 aliphatic rings. The predicted octanol–water partition coefficient (Wildman–Crippen LogP) is 3.54. The summed E-state index contributed by atoms with van der Waals surface area (Å²) in [6.07, 6.45) is 3.86. The van der Waals surface area contributed by atoms with Crippen molar-refractivity contribution in [2.45, 2.75) is 53.0 Å². The van der Waals surface area contributed by atoms with Crippen LogP contribution < -0.4 is 5.32 Å². The summed E-state index contributed by atoms with van der Waals surface area (Å²) in [5.74, 6) is 3.38. The zero-order valence-corrected chi connectivity index (χ0v) is 11.1. The van der Waals surface area contributed by atoms with Crippen molar-refractivity contribution in [3.05, 3.63) is 0 Å². The van der Waals surface area contributed by atoms with Crippen molar-refractivity contribution in [2.24, 2.45) is 5.92 Å². The minimum atomic E-state index is 0.731. The second-order valence-corrected chi connectivity index (χ2v) is 5.12. The normalized spacial score (nSPS) is 13.5. The van der Waals surface area contributed by atoms with Crippen LogP contribution in [0.2, 0.25) is 0 Å². The lowest BCUT2D eigenvalue weighted by Crippen LogP contribution is -2.38. The first-order valence-electron chi connectivity index (χ1n) is 6.11. The van der Waals surface area contributed by atoms with E-state index < -0.39 is 0 Å². The summed E-state index contributed by atoms with van der Waals surface area (Å²) >= 11 is 2.06. The first-order chi connectivity index (χ1) is 6.79. The van der Waals surface area contributed by atoms with E-state index in [1.165, 1.54) is 37.3 Å². The Bertz CT molecular complexity index is 105. The molecule has 1 nitrogen and oxygen atoms in total. The van der Waals surface area contributed by atoms with Crippen LogP contribution in [0.3, 0.4) is 0 Å². The third kappa shape index (κ3) is 5.92. The van der Waals surface area contributed by atoms with E-state index in [1.54, 1.807) is 0 Å². The first kappa shape index (κ1) is 14.3. The SMILES string of the molecule is CCCNC(CSCC)C(CC)CC. The molecule has 0 saturated heterocycles. The topological polar surface area (TPSA) is 12.0 Å². The number of hydrogen-bond donors (Lipinski definition) is 1. The number of thioether (sulfide) groups is 1. The van der Waals surface area contributed by atoms with Gasteiger partial charge in [0.15, 0.2) is 0 Å². The zero-order valence-electron chi connectivity index (χ0n) is 10.3. The Balaban J connectivity index is 3.92. The van der Waals surface area contributed by atoms with E-state index in [2.05, 4.69) is 44.8 Å². The second kappa shape index (κ2) is 9.85. The summed E-state index contributed by atoms with van der Waals surface area (Å²) in [4.78, 5) is 0. The third-order valence-corrected chi connectivity index (χ3v) is 3.78. The molecule has 2 heteroatoms. The van der Waals surface area contributed by atoms with Crippen molar-refractivity contribution in [1.82, 2.24) is 5.32 Å². The van der Waals surface area contributed by atoms with Crippen LogP contribution in [0.5, 0.6) is 0 Å². The molecule has 14 heavy (non-hydrogen) atoms. The summed E-state index contributed by atoms with van der Waals surface area (Å²) in [6.45, 7) is 10.3. The molecular weight excluding hydrogens is 190 g/mol. The third-order valence-electron chi connectivity index (χ3n) is 2.78. The Labute approximate surface area is 94.4 Å². The summed E-state index contributed by atoms with van der Waals surface area (Å²) < 4.78 is 0. The van der Waals surface area contributed by atoms with Gasteiger partial charge < -0.3 is 5.32 Å². The van der Waals surface area contributed by atoms with Crippen molar-refractivity contribution in [2.75, 3.05) is 18.1 Å². The molecule has 0 aromatic rings. The lowest BCUT2D eigenvalue weighted by molar-refractivity contribution is 0.360. The standard InChI is InChI=1S/C12H27NS/c1-5-9-13-12(10-14-8-4)11(6-2)7-3/h11-13H,5-10H2,1-4H3. The maximum atomic E-state index is 3.69. The average molecular weight is 217 g/mol. The van der Waals surface area contributed by atoms with Crippen molar-refractivity contribution in [1.29, 1.82) is 0 Å². The molecule has 0 spiro atoms. The van der Waals surface area contributed by atoms with Crippen molar-refractivity contribution in [3.8, 4) is 0 Å². The number of hydrogen-bond acceptors (Lipinski definition) is 2. The maximum Gasteiger partial charge on any atom is 0.0186 e. The van der Waals surface area contributed by atoms with Gasteiger partial charge in [0.2, 0.25) is 0 Å². The zero-order chi connectivity index (χ0) is 10.8. The van der Waals surface area contributed by atoms with Gasteiger partial charge >= 0.3 is 0 Å². The first-order valence-corrected chi connectivity index (χ1v) is 7.26. The lowest BCUT2D eigenvalue weighted by Gasteiger charge is -2.26. The van der Waals surface area contributed by atoms with Crippen LogP contribution >= 0.6 is 11.8 Å². The van der Waals surface area contributed by atoms with Crippen molar-refractivity contribution < 1.29 is 0 Å². The number of nitrogens with one attached hydrogen (secondary N) is 1. The van der Waals surface area contributed by atoms with Crippen LogP contribution in [0.25, 0.3) is 0 Å². The summed E-state index contributed by atoms with van der Waals surface area (Å²) in [5.41, 5.74) is 0. The predicted molar refractivity (Wildman–Crippen MR) is 69.2 cm³/mol. The fourth-order valence-electron chi connectivity index (χ4n) is 1.79. The van der Waals surface area contributed by atoms with E-state index in [-0.39, 0.29) is 0 Å². The van der Waals surface area contributed by atoms with Gasteiger partial charge in [0.05, 0.1) is 0 Å². The molecule has 0 fully saturated rings. The van der Waals surface area contributed by atoms with Crippen LogP contribution in [0, 0.1) is 5.92 Å². The minimum absolute atomic E-state index is 0.731. The molecule has 1 unspecified atom stereocenters. The fourth-order valence-corrected chi connectivity index (χ4v) is 2.67. The Kier molecular flexibility index (Phi) is 10.1. The molecule has 86 valence electrons. The molecule has 0 aromatic heterocycles. The van der Waals surface area contributed by atoms with Crippen LogP contribution in [0.15, 0.2) is 0 Å². The Morgan fingerprint density at radius 2 is 1.71 bits per heavy atom. The Hall–Kier alpha value is 0.310. The van der Waals surface area contributed by atoms with E-state index in [0.717, 1.165) is 12.0 Å². The van der Waals surface area contributed by atoms with Gasteiger partial charge in [-0.05, 0) is 24.6 Å². The monoisotopic (exact) mass is 217 g/mol. The highest BCUT2D eigenvalue weighted by atomic mass is 32.2. The van der Waals surface area contributed by atoms with E-state index >= 15 is 0 Å².